The van der Waals surface area contributed by atoms with Crippen molar-refractivity contribution in [1.82, 2.24) is 14.9 Å². The predicted molar refractivity (Wildman–Crippen MR) is 72.4 cm³/mol. The molecule has 1 aromatic heterocycles. The average molecular weight is 284 g/mol. The Hall–Kier alpha value is -2.12. The highest BCUT2D eigenvalue weighted by Crippen LogP contribution is 2.07. The third-order valence-corrected chi connectivity index (χ3v) is 2.32. The van der Waals surface area contributed by atoms with Crippen molar-refractivity contribution in [2.24, 2.45) is 0 Å². The molecule has 8 heteroatoms. The van der Waals surface area contributed by atoms with Crippen molar-refractivity contribution in [2.45, 2.75) is 45.8 Å². The van der Waals surface area contributed by atoms with E-state index in [1.54, 1.807) is 25.3 Å². The van der Waals surface area contributed by atoms with Crippen molar-refractivity contribution in [3.63, 3.8) is 0 Å². The van der Waals surface area contributed by atoms with E-state index in [9.17, 15) is 14.9 Å². The number of nitro groups is 1. The SMILES string of the molecule is CC(C)(C)OC(=O)NCCCCn1cnc([N+](=O)[O-])c1. The van der Waals surface area contributed by atoms with E-state index in [0.29, 0.717) is 13.1 Å². The summed E-state index contributed by atoms with van der Waals surface area (Å²) in [5, 5.41) is 13.1. The van der Waals surface area contributed by atoms with Crippen molar-refractivity contribution >= 4 is 11.9 Å². The van der Waals surface area contributed by atoms with E-state index in [4.69, 9.17) is 4.74 Å². The summed E-state index contributed by atoms with van der Waals surface area (Å²) in [6.07, 6.45) is 3.92. The zero-order chi connectivity index (χ0) is 15.2. The molecule has 1 N–H and O–H groups in total. The molecule has 0 aliphatic carbocycles. The summed E-state index contributed by atoms with van der Waals surface area (Å²) in [5.41, 5.74) is -0.500. The highest BCUT2D eigenvalue weighted by atomic mass is 16.6. The van der Waals surface area contributed by atoms with E-state index in [1.165, 1.54) is 12.5 Å². The lowest BCUT2D eigenvalue weighted by Crippen LogP contribution is -2.33. The van der Waals surface area contributed by atoms with Gasteiger partial charge in [-0.25, -0.2) is 4.79 Å². The second kappa shape index (κ2) is 6.88. The van der Waals surface area contributed by atoms with E-state index >= 15 is 0 Å². The molecular formula is C12H20N4O4. The van der Waals surface area contributed by atoms with Crippen LogP contribution in [0.1, 0.15) is 33.6 Å². The summed E-state index contributed by atoms with van der Waals surface area (Å²) >= 11 is 0. The summed E-state index contributed by atoms with van der Waals surface area (Å²) in [4.78, 5) is 24.9. The van der Waals surface area contributed by atoms with E-state index in [0.717, 1.165) is 12.8 Å². The van der Waals surface area contributed by atoms with Crippen LogP contribution in [-0.4, -0.2) is 32.7 Å². The molecule has 0 spiro atoms. The Kier molecular flexibility index (Phi) is 5.48. The van der Waals surface area contributed by atoms with Gasteiger partial charge in [0.05, 0.1) is 0 Å². The number of hydrogen-bond acceptors (Lipinski definition) is 5. The van der Waals surface area contributed by atoms with Gasteiger partial charge in [0.2, 0.25) is 6.33 Å². The molecule has 0 unspecified atom stereocenters. The molecule has 1 rings (SSSR count). The first kappa shape index (κ1) is 15.9. The lowest BCUT2D eigenvalue weighted by atomic mass is 10.2. The molecule has 0 bridgehead atoms. The van der Waals surface area contributed by atoms with E-state index in [2.05, 4.69) is 10.3 Å². The van der Waals surface area contributed by atoms with Gasteiger partial charge in [0.15, 0.2) is 0 Å². The van der Waals surface area contributed by atoms with Gasteiger partial charge in [-0.15, -0.1) is 0 Å². The molecule has 8 nitrogen and oxygen atoms in total. The van der Waals surface area contributed by atoms with Crippen LogP contribution >= 0.6 is 0 Å². The highest BCUT2D eigenvalue weighted by molar-refractivity contribution is 5.67. The maximum absolute atomic E-state index is 11.3. The van der Waals surface area contributed by atoms with Gasteiger partial charge >= 0.3 is 11.9 Å². The second-order valence-corrected chi connectivity index (χ2v) is 5.36. The number of nitrogens with one attached hydrogen (secondary N) is 1. The molecular weight excluding hydrogens is 264 g/mol. The minimum Gasteiger partial charge on any atom is -0.444 e. The fourth-order valence-electron chi connectivity index (χ4n) is 1.49. The summed E-state index contributed by atoms with van der Waals surface area (Å²) < 4.78 is 6.75. The van der Waals surface area contributed by atoms with Gasteiger partial charge in [-0.1, -0.05) is 0 Å². The molecule has 1 heterocycles. The van der Waals surface area contributed by atoms with Gasteiger partial charge in [-0.3, -0.25) is 0 Å². The standard InChI is InChI=1S/C12H20N4O4/c1-12(2,3)20-11(17)13-6-4-5-7-15-8-10(14-9-15)16(18)19/h8-9H,4-7H2,1-3H3,(H,13,17). The number of hydrogen-bond donors (Lipinski definition) is 1. The highest BCUT2D eigenvalue weighted by Gasteiger charge is 2.15. The number of imidazole rings is 1. The number of aryl methyl sites for hydroxylation is 1. The maximum Gasteiger partial charge on any atom is 0.407 e. The number of ether oxygens (including phenoxy) is 1. The number of carbonyl (C=O) groups excluding carboxylic acids is 1. The van der Waals surface area contributed by atoms with Gasteiger partial charge in [0, 0.05) is 13.1 Å². The maximum atomic E-state index is 11.3. The Morgan fingerprint density at radius 3 is 2.75 bits per heavy atom. The monoisotopic (exact) mass is 284 g/mol. The molecule has 0 saturated heterocycles. The predicted octanol–water partition coefficient (Wildman–Crippen LogP) is 2.10. The first-order valence-corrected chi connectivity index (χ1v) is 6.41. The van der Waals surface area contributed by atoms with Crippen molar-refractivity contribution < 1.29 is 14.5 Å². The van der Waals surface area contributed by atoms with Gasteiger partial charge in [-0.2, -0.15) is 0 Å². The largest absolute Gasteiger partial charge is 0.444 e. The number of aromatic nitrogens is 2. The topological polar surface area (TPSA) is 99.3 Å². The van der Waals surface area contributed by atoms with Gasteiger partial charge in [0.25, 0.3) is 0 Å². The van der Waals surface area contributed by atoms with Crippen LogP contribution in [0.4, 0.5) is 10.6 Å². The molecule has 0 radical (unpaired) electrons. The Morgan fingerprint density at radius 2 is 2.20 bits per heavy atom. The fourth-order valence-corrected chi connectivity index (χ4v) is 1.49. The molecule has 0 fully saturated rings. The molecule has 0 aliphatic rings. The average Bonchev–Trinajstić information content (AvgIpc) is 2.75. The Morgan fingerprint density at radius 1 is 1.50 bits per heavy atom. The van der Waals surface area contributed by atoms with Crippen LogP contribution in [-0.2, 0) is 11.3 Å². The third kappa shape index (κ3) is 6.17. The quantitative estimate of drug-likeness (QED) is 0.490. The zero-order valence-electron chi connectivity index (χ0n) is 12.0. The Bertz CT molecular complexity index is 464. The summed E-state index contributed by atoms with van der Waals surface area (Å²) in [5.74, 6) is -0.156. The fraction of sp³-hybridized carbons (Fsp3) is 0.667. The number of nitrogens with zero attached hydrogens (tertiary/aromatic N) is 3. The molecule has 20 heavy (non-hydrogen) atoms. The Balaban J connectivity index is 2.16. The van der Waals surface area contributed by atoms with Gasteiger partial charge in [-0.05, 0) is 43.5 Å². The Labute approximate surface area is 117 Å². The summed E-state index contributed by atoms with van der Waals surface area (Å²) in [7, 11) is 0. The number of unbranched alkanes of at least 4 members (excludes halogenated alkanes) is 1. The van der Waals surface area contributed by atoms with Crippen LogP contribution < -0.4 is 5.32 Å². The van der Waals surface area contributed by atoms with Crippen LogP contribution in [0.15, 0.2) is 12.5 Å². The number of amides is 1. The van der Waals surface area contributed by atoms with Crippen LogP contribution in [0.25, 0.3) is 0 Å². The normalized spacial score (nSPS) is 11.2. The minimum absolute atomic E-state index is 0.156. The smallest absolute Gasteiger partial charge is 0.407 e. The van der Waals surface area contributed by atoms with Crippen LogP contribution in [0.5, 0.6) is 0 Å². The second-order valence-electron chi connectivity index (χ2n) is 5.36. The lowest BCUT2D eigenvalue weighted by molar-refractivity contribution is -0.389. The van der Waals surface area contributed by atoms with Crippen molar-refractivity contribution in [3.8, 4) is 0 Å². The molecule has 1 aromatic rings. The number of carbonyl (C=O) groups is 1. The molecule has 0 aliphatic heterocycles. The molecule has 112 valence electrons. The number of alkyl carbamates (subject to hydrolysis) is 1. The van der Waals surface area contributed by atoms with E-state index in [-0.39, 0.29) is 5.82 Å². The van der Waals surface area contributed by atoms with Crippen LogP contribution in [0, 0.1) is 10.1 Å². The minimum atomic E-state index is -0.527. The number of rotatable bonds is 6. The first-order chi connectivity index (χ1) is 9.28. The molecule has 0 aromatic carbocycles. The summed E-state index contributed by atoms with van der Waals surface area (Å²) in [6.45, 7) is 6.54. The van der Waals surface area contributed by atoms with E-state index < -0.39 is 16.6 Å². The van der Waals surface area contributed by atoms with Crippen LogP contribution in [0.2, 0.25) is 0 Å². The van der Waals surface area contributed by atoms with Crippen molar-refractivity contribution in [1.29, 1.82) is 0 Å². The summed E-state index contributed by atoms with van der Waals surface area (Å²) in [6, 6.07) is 0. The molecule has 0 saturated carbocycles. The van der Waals surface area contributed by atoms with Crippen LogP contribution in [0.3, 0.4) is 0 Å². The van der Waals surface area contributed by atoms with Gasteiger partial charge in [0.1, 0.15) is 11.8 Å². The lowest BCUT2D eigenvalue weighted by Gasteiger charge is -2.19. The van der Waals surface area contributed by atoms with Crippen molar-refractivity contribution in [3.05, 3.63) is 22.6 Å². The van der Waals surface area contributed by atoms with E-state index in [1.807, 2.05) is 0 Å². The molecule has 0 atom stereocenters. The third-order valence-electron chi connectivity index (χ3n) is 2.32. The van der Waals surface area contributed by atoms with Gasteiger partial charge < -0.3 is 24.7 Å². The van der Waals surface area contributed by atoms with Crippen molar-refractivity contribution in [2.75, 3.05) is 6.54 Å². The molecule has 1 amide bonds. The zero-order valence-corrected chi connectivity index (χ0v) is 12.0. The first-order valence-electron chi connectivity index (χ1n) is 6.41.